The zero-order valence-electron chi connectivity index (χ0n) is 24.9. The van der Waals surface area contributed by atoms with Crippen molar-refractivity contribution < 1.29 is 22.7 Å². The zero-order chi connectivity index (χ0) is 31.7. The lowest BCUT2D eigenvalue weighted by Gasteiger charge is -2.31. The average Bonchev–Trinajstić information content (AvgIpc) is 3.64. The number of hydrogen-bond acceptors (Lipinski definition) is 5. The molecular formula is C33H31F3N6O2S. The standard InChI is InChI=1S/C33H31F3N6O2S/c1-20(2)28-6-4-5-7-29(28)41-17-21(3)18-45-32(41)39-31(43)38-25-15-22-8-9-23(14-24(22)16-25)30-37-19-42(40-30)26-10-12-27(13-11-26)44-33(34,35)36/h4-14,18-20,25H,15-17H2,1-3H3,(H,38,43). The number of carbonyl (C=O) groups is 1. The van der Waals surface area contributed by atoms with Gasteiger partial charge in [-0.25, -0.2) is 14.5 Å². The van der Waals surface area contributed by atoms with Crippen molar-refractivity contribution in [3.8, 4) is 22.8 Å². The summed E-state index contributed by atoms with van der Waals surface area (Å²) < 4.78 is 42.8. The van der Waals surface area contributed by atoms with Gasteiger partial charge in [0.2, 0.25) is 0 Å². The van der Waals surface area contributed by atoms with Gasteiger partial charge in [0.25, 0.3) is 0 Å². The number of fused-ring (bicyclic) bond motifs is 1. The topological polar surface area (TPSA) is 84.6 Å². The van der Waals surface area contributed by atoms with Gasteiger partial charge in [-0.15, -0.1) is 18.3 Å². The number of amides is 2. The van der Waals surface area contributed by atoms with Gasteiger partial charge in [0, 0.05) is 23.8 Å². The van der Waals surface area contributed by atoms with E-state index in [0.29, 0.717) is 42.0 Å². The molecule has 2 amide bonds. The first-order valence-corrected chi connectivity index (χ1v) is 15.4. The van der Waals surface area contributed by atoms with Gasteiger partial charge >= 0.3 is 12.4 Å². The van der Waals surface area contributed by atoms with E-state index in [0.717, 1.165) is 22.4 Å². The summed E-state index contributed by atoms with van der Waals surface area (Å²) in [5.41, 5.74) is 7.04. The van der Waals surface area contributed by atoms with E-state index in [1.165, 1.54) is 58.2 Å². The van der Waals surface area contributed by atoms with Crippen LogP contribution < -0.4 is 15.0 Å². The fraction of sp³-hybridized carbons (Fsp3) is 0.273. The van der Waals surface area contributed by atoms with Crippen LogP contribution in [0.1, 0.15) is 43.4 Å². The Morgan fingerprint density at radius 3 is 2.58 bits per heavy atom. The Labute approximate surface area is 263 Å². The molecule has 2 heterocycles. The average molecular weight is 633 g/mol. The Kier molecular flexibility index (Phi) is 8.41. The Bertz CT molecular complexity index is 1780. The summed E-state index contributed by atoms with van der Waals surface area (Å²) in [5, 5.41) is 10.3. The van der Waals surface area contributed by atoms with Gasteiger partial charge in [-0.2, -0.15) is 4.99 Å². The van der Waals surface area contributed by atoms with E-state index in [9.17, 15) is 18.0 Å². The second kappa shape index (κ2) is 12.4. The highest BCUT2D eigenvalue weighted by Crippen LogP contribution is 2.33. The van der Waals surface area contributed by atoms with Gasteiger partial charge in [0.1, 0.15) is 12.1 Å². The van der Waals surface area contributed by atoms with Crippen molar-refractivity contribution >= 4 is 28.6 Å². The molecule has 1 aromatic heterocycles. The van der Waals surface area contributed by atoms with Crippen LogP contribution in [0.25, 0.3) is 17.1 Å². The molecule has 0 radical (unpaired) electrons. The normalized spacial score (nSPS) is 17.4. The van der Waals surface area contributed by atoms with Crippen molar-refractivity contribution in [2.75, 3.05) is 11.4 Å². The monoisotopic (exact) mass is 632 g/mol. The number of alkyl halides is 3. The van der Waals surface area contributed by atoms with E-state index in [1.54, 1.807) is 0 Å². The molecule has 45 heavy (non-hydrogen) atoms. The Morgan fingerprint density at radius 2 is 1.82 bits per heavy atom. The first kappa shape index (κ1) is 30.4. The summed E-state index contributed by atoms with van der Waals surface area (Å²) in [5.74, 6) is 0.495. The van der Waals surface area contributed by atoms with Gasteiger partial charge in [0.15, 0.2) is 11.0 Å². The third-order valence-electron chi connectivity index (χ3n) is 7.60. The number of para-hydroxylation sites is 1. The molecular weight excluding hydrogens is 601 g/mol. The molecule has 3 aromatic carbocycles. The van der Waals surface area contributed by atoms with E-state index < -0.39 is 6.36 Å². The molecule has 1 atom stereocenters. The molecule has 1 aliphatic carbocycles. The minimum atomic E-state index is -4.75. The Balaban J connectivity index is 1.13. The fourth-order valence-corrected chi connectivity index (χ4v) is 6.35. The number of hydrogen-bond donors (Lipinski definition) is 1. The zero-order valence-corrected chi connectivity index (χ0v) is 25.7. The Morgan fingerprint density at radius 1 is 1.07 bits per heavy atom. The van der Waals surface area contributed by atoms with Crippen molar-refractivity contribution in [3.05, 3.63) is 101 Å². The van der Waals surface area contributed by atoms with E-state index in [2.05, 4.69) is 62.9 Å². The third-order valence-corrected chi connectivity index (χ3v) is 8.64. The summed E-state index contributed by atoms with van der Waals surface area (Å²) in [6, 6.07) is 19.1. The third kappa shape index (κ3) is 7.06. The van der Waals surface area contributed by atoms with Crippen LogP contribution >= 0.6 is 11.8 Å². The summed E-state index contributed by atoms with van der Waals surface area (Å²) in [4.78, 5) is 24.2. The quantitative estimate of drug-likeness (QED) is 0.235. The molecule has 0 fully saturated rings. The number of benzene rings is 3. The van der Waals surface area contributed by atoms with E-state index in [-0.39, 0.29) is 17.8 Å². The van der Waals surface area contributed by atoms with Crippen molar-refractivity contribution in [2.45, 2.75) is 51.9 Å². The molecule has 1 aliphatic heterocycles. The molecule has 0 spiro atoms. The highest BCUT2D eigenvalue weighted by Gasteiger charge is 2.31. The number of nitrogens with zero attached hydrogens (tertiary/aromatic N) is 5. The van der Waals surface area contributed by atoms with Crippen LogP contribution in [-0.2, 0) is 12.8 Å². The second-order valence-electron chi connectivity index (χ2n) is 11.4. The summed E-state index contributed by atoms with van der Waals surface area (Å²) in [6.07, 6.45) is -1.91. The molecule has 0 bridgehead atoms. The number of thioether (sulfide) groups is 1. The van der Waals surface area contributed by atoms with E-state index in [4.69, 9.17) is 0 Å². The van der Waals surface area contributed by atoms with Crippen LogP contribution in [-0.4, -0.2) is 44.9 Å². The largest absolute Gasteiger partial charge is 0.573 e. The minimum Gasteiger partial charge on any atom is -0.406 e. The van der Waals surface area contributed by atoms with E-state index in [1.807, 2.05) is 35.7 Å². The van der Waals surface area contributed by atoms with Crippen LogP contribution in [0.4, 0.5) is 23.7 Å². The van der Waals surface area contributed by atoms with Crippen molar-refractivity contribution in [1.29, 1.82) is 0 Å². The second-order valence-corrected chi connectivity index (χ2v) is 12.2. The number of halogens is 3. The predicted molar refractivity (Wildman–Crippen MR) is 170 cm³/mol. The molecule has 0 saturated carbocycles. The lowest BCUT2D eigenvalue weighted by atomic mass is 10.0. The van der Waals surface area contributed by atoms with Crippen LogP contribution in [0, 0.1) is 0 Å². The van der Waals surface area contributed by atoms with Gasteiger partial charge in [-0.3, -0.25) is 0 Å². The summed E-state index contributed by atoms with van der Waals surface area (Å²) >= 11 is 1.46. The molecule has 8 nitrogen and oxygen atoms in total. The molecule has 12 heteroatoms. The number of ether oxygens (including phenoxy) is 1. The van der Waals surface area contributed by atoms with Gasteiger partial charge in [-0.1, -0.05) is 55.9 Å². The van der Waals surface area contributed by atoms with Crippen molar-refractivity contribution in [2.24, 2.45) is 4.99 Å². The smallest absolute Gasteiger partial charge is 0.406 e. The number of rotatable bonds is 6. The van der Waals surface area contributed by atoms with Crippen LogP contribution in [0.2, 0.25) is 0 Å². The number of aliphatic imine (C=N–C) groups is 1. The molecule has 2 aliphatic rings. The molecule has 0 saturated heterocycles. The van der Waals surface area contributed by atoms with Gasteiger partial charge in [0.05, 0.1) is 5.69 Å². The minimum absolute atomic E-state index is 0.0997. The summed E-state index contributed by atoms with van der Waals surface area (Å²) in [6.45, 7) is 7.06. The molecule has 1 unspecified atom stereocenters. The number of amidine groups is 1. The van der Waals surface area contributed by atoms with Crippen LogP contribution in [0.3, 0.4) is 0 Å². The first-order valence-electron chi connectivity index (χ1n) is 14.5. The van der Waals surface area contributed by atoms with Gasteiger partial charge in [-0.05, 0) is 89.8 Å². The molecule has 6 rings (SSSR count). The maximum atomic E-state index is 13.2. The van der Waals surface area contributed by atoms with E-state index >= 15 is 0 Å². The number of carbonyl (C=O) groups excluding carboxylic acids is 1. The number of nitrogens with one attached hydrogen (secondary N) is 1. The predicted octanol–water partition coefficient (Wildman–Crippen LogP) is 7.65. The van der Waals surface area contributed by atoms with Crippen LogP contribution in [0.5, 0.6) is 5.75 Å². The highest BCUT2D eigenvalue weighted by atomic mass is 32.2. The Hall–Kier alpha value is -4.58. The highest BCUT2D eigenvalue weighted by molar-refractivity contribution is 8.16. The number of urea groups is 1. The maximum absolute atomic E-state index is 13.2. The fourth-order valence-electron chi connectivity index (χ4n) is 5.54. The maximum Gasteiger partial charge on any atom is 0.573 e. The van der Waals surface area contributed by atoms with Gasteiger partial charge < -0.3 is 15.0 Å². The first-order chi connectivity index (χ1) is 21.5. The number of anilines is 1. The molecule has 1 N–H and O–H groups in total. The number of aromatic nitrogens is 3. The van der Waals surface area contributed by atoms with Crippen molar-refractivity contribution in [1.82, 2.24) is 20.1 Å². The molecule has 4 aromatic rings. The van der Waals surface area contributed by atoms with Crippen LogP contribution in [0.15, 0.2) is 89.0 Å². The lowest BCUT2D eigenvalue weighted by molar-refractivity contribution is -0.274. The lowest BCUT2D eigenvalue weighted by Crippen LogP contribution is -2.37. The van der Waals surface area contributed by atoms with Crippen molar-refractivity contribution in [3.63, 3.8) is 0 Å². The summed E-state index contributed by atoms with van der Waals surface area (Å²) in [7, 11) is 0. The molecule has 232 valence electrons. The SMILES string of the molecule is CC1=CSC(=NC(=O)NC2Cc3ccc(-c4ncn(-c5ccc(OC(F)(F)F)cc5)n4)cc3C2)N(c2ccccc2C(C)C)C1.